The Hall–Kier alpha value is -3.89. The molecule has 0 radical (unpaired) electrons. The van der Waals surface area contributed by atoms with Gasteiger partial charge in [0.25, 0.3) is 11.5 Å². The second-order valence-electron chi connectivity index (χ2n) is 9.19. The topological polar surface area (TPSA) is 157 Å². The number of amides is 2. The summed E-state index contributed by atoms with van der Waals surface area (Å²) >= 11 is 0. The minimum absolute atomic E-state index is 0.0823. The van der Waals surface area contributed by atoms with E-state index in [0.29, 0.717) is 25.1 Å². The lowest BCUT2D eigenvalue weighted by molar-refractivity contribution is -0.153. The molecule has 0 saturated carbocycles. The summed E-state index contributed by atoms with van der Waals surface area (Å²) in [5.74, 6) is -1.81. The van der Waals surface area contributed by atoms with E-state index in [1.165, 1.54) is 16.4 Å². The van der Waals surface area contributed by atoms with E-state index in [2.05, 4.69) is 10.3 Å². The van der Waals surface area contributed by atoms with Gasteiger partial charge in [0.2, 0.25) is 5.91 Å². The summed E-state index contributed by atoms with van der Waals surface area (Å²) in [5, 5.41) is 2.71. The molecule has 11 nitrogen and oxygen atoms in total. The molecule has 1 aromatic heterocycles. The van der Waals surface area contributed by atoms with E-state index in [-0.39, 0.29) is 30.9 Å². The number of aromatic nitrogens is 2. The molecule has 2 amide bonds. The number of esters is 1. The number of hydrogen-bond donors (Lipinski definition) is 3. The fourth-order valence-corrected chi connectivity index (χ4v) is 3.86. The summed E-state index contributed by atoms with van der Waals surface area (Å²) in [6.45, 7) is 7.76. The van der Waals surface area contributed by atoms with Gasteiger partial charge in [-0.1, -0.05) is 51.3 Å². The number of ether oxygens (including phenoxy) is 1. The Bertz CT molecular complexity index is 1240. The van der Waals surface area contributed by atoms with Gasteiger partial charge in [0, 0.05) is 25.2 Å². The number of hydrogen-bond acceptors (Lipinski definition) is 7. The molecule has 0 saturated heterocycles. The highest BCUT2D eigenvalue weighted by atomic mass is 16.5. The quantitative estimate of drug-likeness (QED) is 0.251. The van der Waals surface area contributed by atoms with Crippen LogP contribution >= 0.6 is 0 Å². The number of carbonyl (C=O) groups excluding carboxylic acids is 3. The van der Waals surface area contributed by atoms with Crippen molar-refractivity contribution in [2.24, 2.45) is 0 Å². The number of nitrogens with two attached hydrogens (primary N) is 1. The highest BCUT2D eigenvalue weighted by Gasteiger charge is 2.25. The molecule has 0 bridgehead atoms. The molecule has 2 rings (SSSR count). The van der Waals surface area contributed by atoms with Crippen molar-refractivity contribution in [3.63, 3.8) is 0 Å². The van der Waals surface area contributed by atoms with Crippen LogP contribution < -0.4 is 27.2 Å². The zero-order valence-electron chi connectivity index (χ0n) is 22.7. The summed E-state index contributed by atoms with van der Waals surface area (Å²) in [6.07, 6.45) is 2.16. The molecule has 11 heteroatoms. The van der Waals surface area contributed by atoms with Crippen LogP contribution in [-0.4, -0.2) is 40.0 Å². The van der Waals surface area contributed by atoms with E-state index in [1.807, 2.05) is 32.9 Å². The van der Waals surface area contributed by atoms with Gasteiger partial charge in [-0.15, -0.1) is 0 Å². The van der Waals surface area contributed by atoms with Gasteiger partial charge in [-0.05, 0) is 38.3 Å². The normalized spacial score (nSPS) is 11.6. The van der Waals surface area contributed by atoms with Crippen molar-refractivity contribution in [2.45, 2.75) is 85.3 Å². The van der Waals surface area contributed by atoms with Gasteiger partial charge < -0.3 is 20.7 Å². The lowest BCUT2D eigenvalue weighted by atomic mass is 10.2. The number of nitrogens with one attached hydrogen (secondary N) is 2. The number of aryl methyl sites for hydroxylation is 1. The summed E-state index contributed by atoms with van der Waals surface area (Å²) < 4.78 is 6.48. The molecular formula is C27H39N5O6. The Morgan fingerprint density at radius 2 is 1.76 bits per heavy atom. The van der Waals surface area contributed by atoms with Gasteiger partial charge in [-0.3, -0.25) is 28.7 Å². The van der Waals surface area contributed by atoms with Crippen LogP contribution in [0.4, 0.5) is 17.2 Å². The number of benzene rings is 1. The molecule has 1 heterocycles. The maximum Gasteiger partial charge on any atom is 0.330 e. The number of aromatic amines is 1. The molecule has 0 fully saturated rings. The molecule has 0 aliphatic carbocycles. The Kier molecular flexibility index (Phi) is 11.8. The standard InChI is InChI=1S/C27H39N5O6/c1-5-7-11-17-31(23-24(28)32(16-8-6-2)27(37)30-26(23)36)21(33)14-15-22(34)38-19(4)25(35)29-20-13-10-9-12-18(20)3/h9-10,12-13,19H,5-8,11,14-17,28H2,1-4H3,(H,29,35)(H,30,36,37)/t19-/m1/s1. The molecule has 0 aliphatic rings. The van der Waals surface area contributed by atoms with E-state index < -0.39 is 35.1 Å². The Morgan fingerprint density at radius 1 is 1.08 bits per heavy atom. The first-order valence-electron chi connectivity index (χ1n) is 13.1. The van der Waals surface area contributed by atoms with Gasteiger partial charge >= 0.3 is 11.7 Å². The van der Waals surface area contributed by atoms with Gasteiger partial charge in [0.05, 0.1) is 6.42 Å². The highest BCUT2D eigenvalue weighted by Crippen LogP contribution is 2.20. The molecule has 0 unspecified atom stereocenters. The lowest BCUT2D eigenvalue weighted by Gasteiger charge is -2.24. The van der Waals surface area contributed by atoms with E-state index in [0.717, 1.165) is 24.8 Å². The summed E-state index contributed by atoms with van der Waals surface area (Å²) in [5.41, 5.74) is 6.20. The van der Waals surface area contributed by atoms with Gasteiger partial charge in [0.15, 0.2) is 11.8 Å². The van der Waals surface area contributed by atoms with Crippen molar-refractivity contribution >= 4 is 35.0 Å². The Labute approximate surface area is 222 Å². The fourth-order valence-electron chi connectivity index (χ4n) is 3.86. The average molecular weight is 530 g/mol. The molecule has 38 heavy (non-hydrogen) atoms. The number of H-pyrrole nitrogens is 1. The fraction of sp³-hybridized carbons (Fsp3) is 0.519. The van der Waals surface area contributed by atoms with Crippen molar-refractivity contribution in [3.05, 3.63) is 50.7 Å². The average Bonchev–Trinajstić information content (AvgIpc) is 2.87. The predicted molar refractivity (Wildman–Crippen MR) is 147 cm³/mol. The van der Waals surface area contributed by atoms with Crippen LogP contribution in [0.25, 0.3) is 0 Å². The smallest absolute Gasteiger partial charge is 0.330 e. The zero-order valence-corrected chi connectivity index (χ0v) is 22.7. The van der Waals surface area contributed by atoms with Crippen LogP contribution in [0, 0.1) is 6.92 Å². The highest BCUT2D eigenvalue weighted by molar-refractivity contribution is 5.98. The van der Waals surface area contributed by atoms with Gasteiger partial charge in [-0.25, -0.2) is 4.79 Å². The first kappa shape index (κ1) is 30.3. The third-order valence-electron chi connectivity index (χ3n) is 6.13. The Morgan fingerprint density at radius 3 is 2.42 bits per heavy atom. The van der Waals surface area contributed by atoms with Crippen molar-refractivity contribution in [2.75, 3.05) is 22.5 Å². The van der Waals surface area contributed by atoms with Gasteiger partial charge in [0.1, 0.15) is 5.82 Å². The van der Waals surface area contributed by atoms with Crippen LogP contribution in [0.1, 0.15) is 71.3 Å². The van der Waals surface area contributed by atoms with E-state index in [1.54, 1.807) is 12.1 Å². The SMILES string of the molecule is CCCCCN(C(=O)CCC(=O)O[C@H](C)C(=O)Nc1ccccc1C)c1c(N)n(CCCC)c(=O)[nH]c1=O. The minimum atomic E-state index is -1.07. The van der Waals surface area contributed by atoms with E-state index in [4.69, 9.17) is 10.5 Å². The number of para-hydroxylation sites is 1. The molecule has 1 aromatic carbocycles. The molecule has 0 aliphatic heterocycles. The number of unbranched alkanes of at least 4 members (excludes halogenated alkanes) is 3. The van der Waals surface area contributed by atoms with Crippen LogP contribution in [-0.2, 0) is 25.7 Å². The van der Waals surface area contributed by atoms with Crippen molar-refractivity contribution < 1.29 is 19.1 Å². The lowest BCUT2D eigenvalue weighted by Crippen LogP contribution is -2.42. The van der Waals surface area contributed by atoms with Gasteiger partial charge in [-0.2, -0.15) is 0 Å². The van der Waals surface area contributed by atoms with Crippen LogP contribution in [0.2, 0.25) is 0 Å². The van der Waals surface area contributed by atoms with Crippen LogP contribution in [0.15, 0.2) is 33.9 Å². The van der Waals surface area contributed by atoms with Crippen molar-refractivity contribution in [1.82, 2.24) is 9.55 Å². The molecule has 1 atom stereocenters. The zero-order chi connectivity index (χ0) is 28.2. The molecule has 0 spiro atoms. The van der Waals surface area contributed by atoms with E-state index in [9.17, 15) is 24.0 Å². The Balaban J connectivity index is 2.12. The molecular weight excluding hydrogens is 490 g/mol. The predicted octanol–water partition coefficient (Wildman–Crippen LogP) is 3.10. The van der Waals surface area contributed by atoms with E-state index >= 15 is 0 Å². The van der Waals surface area contributed by atoms with Crippen LogP contribution in [0.5, 0.6) is 0 Å². The first-order chi connectivity index (χ1) is 18.1. The molecule has 2 aromatic rings. The second-order valence-corrected chi connectivity index (χ2v) is 9.19. The summed E-state index contributed by atoms with van der Waals surface area (Å²) in [6, 6.07) is 7.22. The monoisotopic (exact) mass is 529 g/mol. The second kappa shape index (κ2) is 14.7. The summed E-state index contributed by atoms with van der Waals surface area (Å²) in [7, 11) is 0. The third-order valence-corrected chi connectivity index (χ3v) is 6.13. The van der Waals surface area contributed by atoms with Crippen molar-refractivity contribution in [1.29, 1.82) is 0 Å². The minimum Gasteiger partial charge on any atom is -0.453 e. The largest absolute Gasteiger partial charge is 0.453 e. The number of anilines is 3. The summed E-state index contributed by atoms with van der Waals surface area (Å²) in [4.78, 5) is 66.6. The maximum absolute atomic E-state index is 13.2. The third kappa shape index (κ3) is 8.32. The number of nitrogen functional groups attached to an aromatic ring is 1. The molecule has 208 valence electrons. The molecule has 4 N–H and O–H groups in total. The van der Waals surface area contributed by atoms with Crippen molar-refractivity contribution in [3.8, 4) is 0 Å². The number of nitrogens with zero attached hydrogens (tertiary/aromatic N) is 2. The maximum atomic E-state index is 13.2. The number of carbonyl (C=O) groups is 3. The van der Waals surface area contributed by atoms with Crippen LogP contribution in [0.3, 0.4) is 0 Å². The first-order valence-corrected chi connectivity index (χ1v) is 13.1. The number of rotatable bonds is 14.